The molecule has 0 fully saturated rings. The Morgan fingerprint density at radius 2 is 2.11 bits per heavy atom. The molecule has 0 aliphatic heterocycles. The smallest absolute Gasteiger partial charge is 0.0179 e. The minimum atomic E-state index is 1.27. The van der Waals surface area contributed by atoms with Gasteiger partial charge in [0.15, 0.2) is 0 Å². The van der Waals surface area contributed by atoms with E-state index < -0.39 is 0 Å². The van der Waals surface area contributed by atoms with Gasteiger partial charge in [-0.1, -0.05) is 0 Å². The summed E-state index contributed by atoms with van der Waals surface area (Å²) in [6.07, 6.45) is 7.36. The minimum Gasteiger partial charge on any atom is -0.365 e. The highest BCUT2D eigenvalue weighted by atomic mass is 14.7. The lowest BCUT2D eigenvalue weighted by atomic mass is 9.98. The molecule has 0 unspecified atom stereocenters. The summed E-state index contributed by atoms with van der Waals surface area (Å²) in [6.45, 7) is 0. The van der Waals surface area contributed by atoms with Crippen LogP contribution in [-0.2, 0) is 12.8 Å². The number of aryl methyl sites for hydroxylation is 2. The van der Waals surface area contributed by atoms with Crippen molar-refractivity contribution in [1.29, 1.82) is 0 Å². The second-order valence-corrected chi connectivity index (χ2v) is 2.69. The van der Waals surface area contributed by atoms with Gasteiger partial charge >= 0.3 is 0 Å². The molecule has 0 spiro atoms. The van der Waals surface area contributed by atoms with E-state index in [0.29, 0.717) is 0 Å². The summed E-state index contributed by atoms with van der Waals surface area (Å²) in [5.74, 6) is 0. The van der Waals surface area contributed by atoms with Crippen molar-refractivity contribution < 1.29 is 0 Å². The van der Waals surface area contributed by atoms with Crippen LogP contribution in [0.5, 0.6) is 0 Å². The molecule has 48 valence electrons. The Kier molecular flexibility index (Phi) is 1.08. The van der Waals surface area contributed by atoms with Crippen molar-refractivity contribution in [3.05, 3.63) is 23.5 Å². The van der Waals surface area contributed by atoms with Gasteiger partial charge in [0, 0.05) is 11.9 Å². The lowest BCUT2D eigenvalue weighted by Gasteiger charge is -2.08. The first-order valence-electron chi connectivity index (χ1n) is 3.62. The normalized spacial score (nSPS) is 17.3. The van der Waals surface area contributed by atoms with Crippen LogP contribution in [-0.4, -0.2) is 4.98 Å². The number of aromatic amines is 1. The van der Waals surface area contributed by atoms with Crippen LogP contribution in [0.25, 0.3) is 0 Å². The second-order valence-electron chi connectivity index (χ2n) is 2.69. The highest BCUT2D eigenvalue weighted by Crippen LogP contribution is 2.18. The van der Waals surface area contributed by atoms with Gasteiger partial charge in [0.05, 0.1) is 0 Å². The maximum atomic E-state index is 3.26. The molecule has 1 aliphatic carbocycles. The number of hydrogen-bond acceptors (Lipinski definition) is 0. The predicted octanol–water partition coefficient (Wildman–Crippen LogP) is 1.89. The number of hydrogen-bond donors (Lipinski definition) is 1. The van der Waals surface area contributed by atoms with Crippen molar-refractivity contribution in [2.75, 3.05) is 0 Å². The molecule has 1 aromatic heterocycles. The van der Waals surface area contributed by atoms with E-state index in [1.165, 1.54) is 31.4 Å². The molecule has 2 rings (SSSR count). The highest BCUT2D eigenvalue weighted by Gasteiger charge is 2.07. The van der Waals surface area contributed by atoms with Crippen molar-refractivity contribution in [1.82, 2.24) is 4.98 Å². The van der Waals surface area contributed by atoms with Crippen LogP contribution in [0, 0.1) is 0 Å². The number of nitrogens with one attached hydrogen (secondary N) is 1. The minimum absolute atomic E-state index is 1.27. The Morgan fingerprint density at radius 1 is 1.22 bits per heavy atom. The molecule has 0 saturated heterocycles. The van der Waals surface area contributed by atoms with Crippen LogP contribution in [0.15, 0.2) is 12.3 Å². The molecule has 1 aliphatic rings. The first kappa shape index (κ1) is 5.10. The monoisotopic (exact) mass is 121 g/mol. The van der Waals surface area contributed by atoms with Crippen molar-refractivity contribution in [3.63, 3.8) is 0 Å². The number of rotatable bonds is 0. The average Bonchev–Trinajstić information content (AvgIpc) is 2.33. The van der Waals surface area contributed by atoms with Crippen molar-refractivity contribution in [2.45, 2.75) is 25.7 Å². The third kappa shape index (κ3) is 0.766. The van der Waals surface area contributed by atoms with E-state index in [0.717, 1.165) is 0 Å². The third-order valence-corrected chi connectivity index (χ3v) is 2.05. The second kappa shape index (κ2) is 1.90. The van der Waals surface area contributed by atoms with Crippen molar-refractivity contribution >= 4 is 0 Å². The van der Waals surface area contributed by atoms with Gasteiger partial charge in [-0.15, -0.1) is 0 Å². The van der Waals surface area contributed by atoms with Crippen LogP contribution in [0.1, 0.15) is 24.1 Å². The Labute approximate surface area is 55.1 Å². The van der Waals surface area contributed by atoms with Gasteiger partial charge in [-0.2, -0.15) is 0 Å². The number of H-pyrrole nitrogens is 1. The fraction of sp³-hybridized carbons (Fsp3) is 0.500. The summed E-state index contributed by atoms with van der Waals surface area (Å²) in [5, 5.41) is 0. The first-order chi connectivity index (χ1) is 4.47. The molecule has 0 saturated carbocycles. The topological polar surface area (TPSA) is 15.8 Å². The van der Waals surface area contributed by atoms with Crippen LogP contribution < -0.4 is 0 Å². The van der Waals surface area contributed by atoms with Crippen molar-refractivity contribution in [3.8, 4) is 0 Å². The molecule has 1 nitrogen and oxygen atoms in total. The van der Waals surface area contributed by atoms with Gasteiger partial charge < -0.3 is 4.98 Å². The molecular formula is C8H11N. The Bertz CT molecular complexity index is 180. The van der Waals surface area contributed by atoms with E-state index in [9.17, 15) is 0 Å². The standard InChI is InChI=1S/C8H11N/c1-2-4-8-7(3-1)5-6-9-8/h5-6,9H,1-4H2. The number of aromatic nitrogens is 1. The summed E-state index contributed by atoms with van der Waals surface area (Å²) in [5.41, 5.74) is 3.02. The Morgan fingerprint density at radius 3 is 3.00 bits per heavy atom. The molecule has 9 heavy (non-hydrogen) atoms. The van der Waals surface area contributed by atoms with Crippen LogP contribution in [0.4, 0.5) is 0 Å². The van der Waals surface area contributed by atoms with E-state index >= 15 is 0 Å². The maximum Gasteiger partial charge on any atom is 0.0179 e. The molecule has 0 radical (unpaired) electrons. The van der Waals surface area contributed by atoms with Crippen molar-refractivity contribution in [2.24, 2.45) is 0 Å². The molecule has 1 heterocycles. The predicted molar refractivity (Wildman–Crippen MR) is 37.4 cm³/mol. The summed E-state index contributed by atoms with van der Waals surface area (Å²) < 4.78 is 0. The lowest BCUT2D eigenvalue weighted by Crippen LogP contribution is -1.99. The zero-order valence-electron chi connectivity index (χ0n) is 5.48. The van der Waals surface area contributed by atoms with E-state index in [1.807, 2.05) is 0 Å². The zero-order valence-corrected chi connectivity index (χ0v) is 5.48. The molecule has 1 N–H and O–H groups in total. The van der Waals surface area contributed by atoms with Crippen LogP contribution in [0.3, 0.4) is 0 Å². The Hall–Kier alpha value is -0.720. The largest absolute Gasteiger partial charge is 0.365 e. The summed E-state index contributed by atoms with van der Waals surface area (Å²) in [7, 11) is 0. The maximum absolute atomic E-state index is 3.26. The molecule has 1 heteroatoms. The lowest BCUT2D eigenvalue weighted by molar-refractivity contribution is 0.677. The molecular weight excluding hydrogens is 110 g/mol. The van der Waals surface area contributed by atoms with Gasteiger partial charge in [0.2, 0.25) is 0 Å². The van der Waals surface area contributed by atoms with Crippen LogP contribution >= 0.6 is 0 Å². The molecule has 1 aromatic rings. The van der Waals surface area contributed by atoms with E-state index in [-0.39, 0.29) is 0 Å². The molecule has 0 amide bonds. The summed E-state index contributed by atoms with van der Waals surface area (Å²) in [4.78, 5) is 3.26. The third-order valence-electron chi connectivity index (χ3n) is 2.05. The molecule has 0 atom stereocenters. The SMILES string of the molecule is c1cc2c([nH]1)CCCC2. The molecule has 0 aromatic carbocycles. The average molecular weight is 121 g/mol. The fourth-order valence-electron chi connectivity index (χ4n) is 1.52. The summed E-state index contributed by atoms with van der Waals surface area (Å²) >= 11 is 0. The van der Waals surface area contributed by atoms with Gasteiger partial charge in [0.1, 0.15) is 0 Å². The van der Waals surface area contributed by atoms with E-state index in [1.54, 1.807) is 5.56 Å². The van der Waals surface area contributed by atoms with Crippen LogP contribution in [0.2, 0.25) is 0 Å². The molecule has 0 bridgehead atoms. The van der Waals surface area contributed by atoms with Gasteiger partial charge in [0.25, 0.3) is 0 Å². The van der Waals surface area contributed by atoms with Gasteiger partial charge in [-0.25, -0.2) is 0 Å². The quantitative estimate of drug-likeness (QED) is 0.539. The highest BCUT2D eigenvalue weighted by molar-refractivity contribution is 5.22. The summed E-state index contributed by atoms with van der Waals surface area (Å²) in [6, 6.07) is 2.20. The fourth-order valence-corrected chi connectivity index (χ4v) is 1.52. The van der Waals surface area contributed by atoms with Gasteiger partial charge in [-0.05, 0) is 37.3 Å². The Balaban J connectivity index is 2.39. The van der Waals surface area contributed by atoms with E-state index in [2.05, 4.69) is 17.2 Å². The number of fused-ring (bicyclic) bond motifs is 1. The van der Waals surface area contributed by atoms with Gasteiger partial charge in [-0.3, -0.25) is 0 Å². The zero-order chi connectivity index (χ0) is 6.10. The first-order valence-corrected chi connectivity index (χ1v) is 3.62. The van der Waals surface area contributed by atoms with E-state index in [4.69, 9.17) is 0 Å².